The molecular weight excluding hydrogens is 719 g/mol. The highest BCUT2D eigenvalue weighted by molar-refractivity contribution is 7.25. The fourth-order valence-electron chi connectivity index (χ4n) is 8.35. The average Bonchev–Trinajstić information content (AvgIpc) is 3.98. The summed E-state index contributed by atoms with van der Waals surface area (Å²) in [6, 6.07) is 60.8. The van der Waals surface area contributed by atoms with Crippen LogP contribution in [0.15, 0.2) is 185 Å². The Morgan fingerprint density at radius 1 is 0.333 bits per heavy atom. The molecule has 0 saturated heterocycles. The molecule has 4 aromatic heterocycles. The molecule has 0 unspecified atom stereocenters. The number of hydrogen-bond donors (Lipinski definition) is 0. The van der Waals surface area contributed by atoms with Crippen molar-refractivity contribution >= 4 is 75.4 Å². The minimum absolute atomic E-state index is 0.584. The van der Waals surface area contributed by atoms with Gasteiger partial charge in [-0.1, -0.05) is 140 Å². The van der Waals surface area contributed by atoms with E-state index in [1.54, 1.807) is 0 Å². The largest absolute Gasteiger partial charge is 0.455 e. The van der Waals surface area contributed by atoms with Gasteiger partial charge < -0.3 is 8.83 Å². The monoisotopic (exact) mass is 747 g/mol. The summed E-state index contributed by atoms with van der Waals surface area (Å²) < 4.78 is 16.2. The van der Waals surface area contributed by atoms with Crippen molar-refractivity contribution in [3.63, 3.8) is 0 Å². The van der Waals surface area contributed by atoms with Crippen molar-refractivity contribution in [2.75, 3.05) is 0 Å². The third-order valence-corrected chi connectivity index (χ3v) is 12.1. The summed E-state index contributed by atoms with van der Waals surface area (Å²) in [5.41, 5.74) is 10.3. The molecule has 0 aliphatic rings. The van der Waals surface area contributed by atoms with Crippen molar-refractivity contribution in [3.05, 3.63) is 176 Å². The molecule has 8 aromatic carbocycles. The molecule has 57 heavy (non-hydrogen) atoms. The number of rotatable bonds is 5. The van der Waals surface area contributed by atoms with Crippen molar-refractivity contribution < 1.29 is 8.83 Å². The van der Waals surface area contributed by atoms with E-state index >= 15 is 0 Å². The Morgan fingerprint density at radius 3 is 1.68 bits per heavy atom. The quantitative estimate of drug-likeness (QED) is 0.175. The number of fused-ring (bicyclic) bond motifs is 9. The highest BCUT2D eigenvalue weighted by Gasteiger charge is 2.22. The number of benzene rings is 8. The predicted octanol–water partition coefficient (Wildman–Crippen LogP) is 14.4. The zero-order valence-corrected chi connectivity index (χ0v) is 31.1. The second-order valence-corrected chi connectivity index (χ2v) is 15.4. The van der Waals surface area contributed by atoms with Gasteiger partial charge in [-0.25, -0.2) is 15.0 Å². The summed E-state index contributed by atoms with van der Waals surface area (Å²) in [4.78, 5) is 14.8. The molecule has 266 valence electrons. The summed E-state index contributed by atoms with van der Waals surface area (Å²) in [5.74, 6) is 1.82. The van der Waals surface area contributed by atoms with Crippen LogP contribution in [0.4, 0.5) is 0 Å². The number of thiophene rings is 1. The van der Waals surface area contributed by atoms with Crippen molar-refractivity contribution in [2.24, 2.45) is 0 Å². The second-order valence-electron chi connectivity index (χ2n) is 14.3. The number of aromatic nitrogens is 3. The van der Waals surface area contributed by atoms with Crippen molar-refractivity contribution in [2.45, 2.75) is 0 Å². The molecule has 0 saturated carbocycles. The van der Waals surface area contributed by atoms with E-state index in [2.05, 4.69) is 109 Å². The Morgan fingerprint density at radius 2 is 0.895 bits per heavy atom. The van der Waals surface area contributed by atoms with E-state index in [0.29, 0.717) is 17.5 Å². The molecule has 0 bridgehead atoms. The zero-order chi connectivity index (χ0) is 37.5. The number of hydrogen-bond acceptors (Lipinski definition) is 6. The Labute approximate surface area is 330 Å². The van der Waals surface area contributed by atoms with Crippen LogP contribution in [0.5, 0.6) is 0 Å². The third kappa shape index (κ3) is 5.04. The summed E-state index contributed by atoms with van der Waals surface area (Å²) in [6.07, 6.45) is 0. The Kier molecular flexibility index (Phi) is 7.03. The molecule has 0 N–H and O–H groups in total. The molecule has 5 nitrogen and oxygen atoms in total. The van der Waals surface area contributed by atoms with E-state index in [1.165, 1.54) is 25.7 Å². The normalized spacial score (nSPS) is 11.9. The van der Waals surface area contributed by atoms with Crippen LogP contribution in [-0.2, 0) is 0 Å². The van der Waals surface area contributed by atoms with Gasteiger partial charge in [-0.2, -0.15) is 0 Å². The Bertz CT molecular complexity index is 3470. The molecule has 0 aliphatic carbocycles. The maximum absolute atomic E-state index is 6.88. The molecule has 0 aliphatic heterocycles. The number of furan rings is 2. The van der Waals surface area contributed by atoms with Crippen LogP contribution in [0.1, 0.15) is 0 Å². The highest BCUT2D eigenvalue weighted by Crippen LogP contribution is 2.47. The summed E-state index contributed by atoms with van der Waals surface area (Å²) in [5, 5.41) is 6.72. The van der Waals surface area contributed by atoms with Gasteiger partial charge in [0.15, 0.2) is 17.5 Å². The molecule has 12 rings (SSSR count). The van der Waals surface area contributed by atoms with Gasteiger partial charge in [0.05, 0.1) is 0 Å². The Hall–Kier alpha value is -7.41. The summed E-state index contributed by atoms with van der Waals surface area (Å²) in [6.45, 7) is 0. The van der Waals surface area contributed by atoms with E-state index < -0.39 is 0 Å². The maximum atomic E-state index is 6.88. The molecule has 0 spiro atoms. The van der Waals surface area contributed by atoms with Crippen LogP contribution in [0.2, 0.25) is 0 Å². The minimum atomic E-state index is 0.584. The third-order valence-electron chi connectivity index (χ3n) is 11.0. The molecule has 6 heteroatoms. The highest BCUT2D eigenvalue weighted by atomic mass is 32.1. The molecule has 0 amide bonds. The first-order chi connectivity index (χ1) is 28.2. The van der Waals surface area contributed by atoms with Gasteiger partial charge in [-0.05, 0) is 47.5 Å². The van der Waals surface area contributed by atoms with Gasteiger partial charge >= 0.3 is 0 Å². The lowest BCUT2D eigenvalue weighted by molar-refractivity contribution is 0.669. The van der Waals surface area contributed by atoms with Gasteiger partial charge in [0.1, 0.15) is 22.3 Å². The van der Waals surface area contributed by atoms with E-state index in [-0.39, 0.29) is 0 Å². The molecule has 0 radical (unpaired) electrons. The number of para-hydroxylation sites is 2. The first-order valence-electron chi connectivity index (χ1n) is 18.9. The van der Waals surface area contributed by atoms with E-state index in [4.69, 9.17) is 23.8 Å². The lowest BCUT2D eigenvalue weighted by Gasteiger charge is -2.10. The number of nitrogens with zero attached hydrogens (tertiary/aromatic N) is 3. The molecule has 12 aromatic rings. The van der Waals surface area contributed by atoms with Crippen LogP contribution < -0.4 is 0 Å². The van der Waals surface area contributed by atoms with Crippen molar-refractivity contribution in [1.82, 2.24) is 15.0 Å². The SMILES string of the molecule is c1ccc(-c2nc(-c3ccccc3)nc(-c3ccc4c(c3)oc3c(-c5ccc(-c6cccc7sc8ccccc8c67)c6oc7ccccc7c56)cccc34)n2)cc1. The smallest absolute Gasteiger partial charge is 0.164 e. The van der Waals surface area contributed by atoms with Gasteiger partial charge in [0.2, 0.25) is 0 Å². The fourth-order valence-corrected chi connectivity index (χ4v) is 9.48. The lowest BCUT2D eigenvalue weighted by Crippen LogP contribution is -2.00. The second kappa shape index (κ2) is 12.6. The topological polar surface area (TPSA) is 65.0 Å². The average molecular weight is 748 g/mol. The van der Waals surface area contributed by atoms with Crippen LogP contribution in [0.25, 0.3) is 120 Å². The minimum Gasteiger partial charge on any atom is -0.455 e. The summed E-state index contributed by atoms with van der Waals surface area (Å²) >= 11 is 1.83. The maximum Gasteiger partial charge on any atom is 0.164 e. The van der Waals surface area contributed by atoms with E-state index in [1.807, 2.05) is 78.1 Å². The van der Waals surface area contributed by atoms with E-state index in [9.17, 15) is 0 Å². The molecular formula is C51H29N3O2S. The molecule has 0 atom stereocenters. The van der Waals surface area contributed by atoms with Crippen molar-refractivity contribution in [3.8, 4) is 56.4 Å². The van der Waals surface area contributed by atoms with Gasteiger partial charge in [-0.3, -0.25) is 0 Å². The fraction of sp³-hybridized carbons (Fsp3) is 0. The molecule has 4 heterocycles. The lowest BCUT2D eigenvalue weighted by atomic mass is 9.92. The Balaban J connectivity index is 1.05. The van der Waals surface area contributed by atoms with Crippen LogP contribution in [0, 0.1) is 0 Å². The van der Waals surface area contributed by atoms with Crippen LogP contribution in [0.3, 0.4) is 0 Å². The van der Waals surface area contributed by atoms with Crippen molar-refractivity contribution in [1.29, 1.82) is 0 Å². The van der Waals surface area contributed by atoms with Crippen LogP contribution >= 0.6 is 11.3 Å². The first kappa shape index (κ1) is 31.9. The van der Waals surface area contributed by atoms with Gasteiger partial charge in [0.25, 0.3) is 0 Å². The van der Waals surface area contributed by atoms with Gasteiger partial charge in [0, 0.05) is 69.5 Å². The van der Waals surface area contributed by atoms with Gasteiger partial charge in [-0.15, -0.1) is 11.3 Å². The standard InChI is InChI=1S/C51H29N3O2S/c1-3-13-30(14-4-1)49-52-50(31-15-5-2-6-16-31)54-51(53-49)32-25-26-33-36-20-11-21-37(47(36)56-42(33)29-32)35-27-28-38(48-46(35)39-17-7-9-22-41(39)55-48)34-19-12-24-44-45(34)40-18-8-10-23-43(40)57-44/h1-29H. The summed E-state index contributed by atoms with van der Waals surface area (Å²) in [7, 11) is 0. The van der Waals surface area contributed by atoms with E-state index in [0.717, 1.165) is 77.3 Å². The molecule has 0 fully saturated rings. The first-order valence-corrected chi connectivity index (χ1v) is 19.7. The predicted molar refractivity (Wildman–Crippen MR) is 234 cm³/mol. The van der Waals surface area contributed by atoms with Crippen LogP contribution in [-0.4, -0.2) is 15.0 Å². The zero-order valence-electron chi connectivity index (χ0n) is 30.3.